The summed E-state index contributed by atoms with van der Waals surface area (Å²) in [4.78, 5) is 15.6. The van der Waals surface area contributed by atoms with Gasteiger partial charge >= 0.3 is 0 Å². The number of halogens is 2. The summed E-state index contributed by atoms with van der Waals surface area (Å²) in [6.07, 6.45) is 2.70. The highest BCUT2D eigenvalue weighted by atomic mass is 35.5. The summed E-state index contributed by atoms with van der Waals surface area (Å²) in [5.74, 6) is -0.786. The van der Waals surface area contributed by atoms with Crippen LogP contribution >= 0.6 is 11.6 Å². The molecule has 3 aromatic heterocycles. The van der Waals surface area contributed by atoms with Crippen LogP contribution in [0.3, 0.4) is 0 Å². The molecule has 0 radical (unpaired) electrons. The Hall–Kier alpha value is -3.77. The van der Waals surface area contributed by atoms with E-state index in [0.717, 1.165) is 6.07 Å². The van der Waals surface area contributed by atoms with Crippen LogP contribution in [0.25, 0.3) is 22.2 Å². The first kappa shape index (κ1) is 21.5. The second kappa shape index (κ2) is 8.05. The van der Waals surface area contributed by atoms with Crippen molar-refractivity contribution >= 4 is 50.1 Å². The summed E-state index contributed by atoms with van der Waals surface area (Å²) in [5.41, 5.74) is 12.4. The van der Waals surface area contributed by atoms with Gasteiger partial charge < -0.3 is 16.2 Å². The predicted octanol–water partition coefficient (Wildman–Crippen LogP) is 2.85. The van der Waals surface area contributed by atoms with E-state index in [-0.39, 0.29) is 44.5 Å². The maximum Gasteiger partial charge on any atom is 0.267 e. The molecular weight excluding hydrogens is 461 g/mol. The zero-order valence-electron chi connectivity index (χ0n) is 16.4. The van der Waals surface area contributed by atoms with Crippen molar-refractivity contribution in [2.24, 2.45) is 0 Å². The number of methoxy groups -OCH3 is 1. The van der Waals surface area contributed by atoms with E-state index in [1.54, 1.807) is 6.07 Å². The molecule has 0 spiro atoms. The molecule has 0 amide bonds. The predicted molar refractivity (Wildman–Crippen MR) is 118 cm³/mol. The van der Waals surface area contributed by atoms with Gasteiger partial charge in [0, 0.05) is 23.3 Å². The molecule has 4 aromatic rings. The van der Waals surface area contributed by atoms with E-state index < -0.39 is 15.8 Å². The number of nitrogens with one attached hydrogen (secondary N) is 1. The number of fused-ring (bicyclic) bond motifs is 1. The van der Waals surface area contributed by atoms with Crippen LogP contribution in [0.2, 0.25) is 5.02 Å². The summed E-state index contributed by atoms with van der Waals surface area (Å²) in [6, 6.07) is 6.39. The van der Waals surface area contributed by atoms with Crippen molar-refractivity contribution in [3.05, 3.63) is 53.6 Å². The first-order valence-electron chi connectivity index (χ1n) is 8.88. The molecule has 10 nitrogen and oxygen atoms in total. The van der Waals surface area contributed by atoms with Crippen LogP contribution in [0.5, 0.6) is 5.88 Å². The number of anilines is 3. The van der Waals surface area contributed by atoms with Gasteiger partial charge in [-0.1, -0.05) is 11.6 Å². The number of sulfonamides is 1. The Morgan fingerprint density at radius 1 is 1.06 bits per heavy atom. The van der Waals surface area contributed by atoms with Gasteiger partial charge in [-0.3, -0.25) is 4.72 Å². The van der Waals surface area contributed by atoms with E-state index in [1.165, 1.54) is 37.7 Å². The Labute approximate surface area is 186 Å². The van der Waals surface area contributed by atoms with Gasteiger partial charge in [0.05, 0.1) is 17.8 Å². The summed E-state index contributed by atoms with van der Waals surface area (Å²) in [6.45, 7) is 0. The van der Waals surface area contributed by atoms with Crippen molar-refractivity contribution in [1.29, 1.82) is 0 Å². The molecule has 3 heterocycles. The first-order valence-corrected chi connectivity index (χ1v) is 10.7. The van der Waals surface area contributed by atoms with Gasteiger partial charge in [-0.25, -0.2) is 27.8 Å². The van der Waals surface area contributed by atoms with Gasteiger partial charge in [0.25, 0.3) is 10.0 Å². The average molecular weight is 476 g/mol. The molecule has 0 saturated heterocycles. The minimum atomic E-state index is -4.21. The zero-order valence-corrected chi connectivity index (χ0v) is 17.9. The van der Waals surface area contributed by atoms with E-state index in [2.05, 4.69) is 24.7 Å². The fraction of sp³-hybridized carbons (Fsp3) is 0.0526. The number of hydrogen-bond acceptors (Lipinski definition) is 9. The van der Waals surface area contributed by atoms with Crippen LogP contribution in [0.1, 0.15) is 0 Å². The van der Waals surface area contributed by atoms with Crippen molar-refractivity contribution < 1.29 is 17.5 Å². The molecule has 5 N–H and O–H groups in total. The van der Waals surface area contributed by atoms with E-state index in [0.29, 0.717) is 10.9 Å². The van der Waals surface area contributed by atoms with Crippen molar-refractivity contribution in [1.82, 2.24) is 19.9 Å². The second-order valence-electron chi connectivity index (χ2n) is 6.56. The summed E-state index contributed by atoms with van der Waals surface area (Å²) in [7, 11) is -2.95. The van der Waals surface area contributed by atoms with E-state index in [1.807, 2.05) is 0 Å². The third-order valence-corrected chi connectivity index (χ3v) is 5.93. The molecule has 0 atom stereocenters. The number of hydrogen-bond donors (Lipinski definition) is 3. The highest BCUT2D eigenvalue weighted by molar-refractivity contribution is 7.92. The van der Waals surface area contributed by atoms with Gasteiger partial charge in [0.2, 0.25) is 11.8 Å². The normalized spacial score (nSPS) is 11.5. The highest BCUT2D eigenvalue weighted by Crippen LogP contribution is 2.32. The lowest BCUT2D eigenvalue weighted by atomic mass is 10.0. The minimum Gasteiger partial charge on any atom is -0.480 e. The van der Waals surface area contributed by atoms with Gasteiger partial charge in [-0.2, -0.15) is 4.98 Å². The van der Waals surface area contributed by atoms with E-state index in [9.17, 15) is 12.8 Å². The molecule has 13 heteroatoms. The topological polar surface area (TPSA) is 159 Å². The van der Waals surface area contributed by atoms with Gasteiger partial charge in [-0.15, -0.1) is 0 Å². The maximum atomic E-state index is 14.4. The van der Waals surface area contributed by atoms with Crippen LogP contribution in [-0.2, 0) is 10.0 Å². The molecule has 4 rings (SSSR count). The number of ether oxygens (including phenoxy) is 1. The first-order chi connectivity index (χ1) is 15.2. The average Bonchev–Trinajstić information content (AvgIpc) is 2.72. The Morgan fingerprint density at radius 3 is 2.59 bits per heavy atom. The maximum absolute atomic E-state index is 14.4. The van der Waals surface area contributed by atoms with Gasteiger partial charge in [-0.05, 0) is 35.9 Å². The fourth-order valence-corrected chi connectivity index (χ4v) is 4.40. The van der Waals surface area contributed by atoms with Crippen molar-refractivity contribution in [3.8, 4) is 17.0 Å². The fourth-order valence-electron chi connectivity index (χ4n) is 2.99. The molecule has 32 heavy (non-hydrogen) atoms. The molecule has 0 fully saturated rings. The molecule has 0 bridgehead atoms. The molecule has 1 aromatic carbocycles. The second-order valence-corrected chi connectivity index (χ2v) is 8.64. The molecule has 0 aliphatic rings. The summed E-state index contributed by atoms with van der Waals surface area (Å²) >= 11 is 5.88. The minimum absolute atomic E-state index is 0.0329. The third-order valence-electron chi connectivity index (χ3n) is 4.35. The summed E-state index contributed by atoms with van der Waals surface area (Å²) < 4.78 is 47.5. The number of aromatic nitrogens is 4. The third kappa shape index (κ3) is 4.18. The van der Waals surface area contributed by atoms with Crippen molar-refractivity contribution in [2.45, 2.75) is 4.90 Å². The van der Waals surface area contributed by atoms with Crippen LogP contribution in [0.4, 0.5) is 21.8 Å². The number of benzene rings is 1. The molecule has 0 unspecified atom stereocenters. The largest absolute Gasteiger partial charge is 0.480 e. The van der Waals surface area contributed by atoms with Gasteiger partial charge in [0.15, 0.2) is 10.5 Å². The smallest absolute Gasteiger partial charge is 0.267 e. The number of pyridine rings is 2. The number of nitrogen functional groups attached to an aromatic ring is 2. The molecule has 164 valence electrons. The Kier molecular flexibility index (Phi) is 5.40. The lowest BCUT2D eigenvalue weighted by Crippen LogP contribution is -2.15. The van der Waals surface area contributed by atoms with Crippen molar-refractivity contribution in [3.63, 3.8) is 0 Å². The van der Waals surface area contributed by atoms with Crippen LogP contribution < -0.4 is 20.9 Å². The van der Waals surface area contributed by atoms with Crippen LogP contribution in [-0.4, -0.2) is 35.5 Å². The Bertz CT molecular complexity index is 1470. The van der Waals surface area contributed by atoms with Crippen LogP contribution in [0, 0.1) is 5.82 Å². The van der Waals surface area contributed by atoms with Crippen LogP contribution in [0.15, 0.2) is 47.6 Å². The van der Waals surface area contributed by atoms with E-state index in [4.69, 9.17) is 27.8 Å². The lowest BCUT2D eigenvalue weighted by molar-refractivity contribution is 0.385. The van der Waals surface area contributed by atoms with E-state index >= 15 is 0 Å². The molecule has 0 aliphatic heterocycles. The molecule has 0 aliphatic carbocycles. The molecule has 0 saturated carbocycles. The Morgan fingerprint density at radius 2 is 1.84 bits per heavy atom. The summed E-state index contributed by atoms with van der Waals surface area (Å²) in [5, 5.41) is 0.605. The van der Waals surface area contributed by atoms with Gasteiger partial charge in [0.1, 0.15) is 11.6 Å². The standard InChI is InChI=1S/C19H15ClFN7O3S/c1-31-18-15(5-11(20)8-24-18)32(29,30)28-13-3-9(2-12(21)6-13)14-4-10-7-25-19(23)27-17(10)26-16(14)22/h2-8,28H,1H3,(H4,22,23,25,26,27). The number of nitrogens with two attached hydrogens (primary N) is 2. The lowest BCUT2D eigenvalue weighted by Gasteiger charge is -2.13. The van der Waals surface area contributed by atoms with Crippen molar-refractivity contribution in [2.75, 3.05) is 23.3 Å². The number of nitrogens with zero attached hydrogens (tertiary/aromatic N) is 4. The Balaban J connectivity index is 1.77. The SMILES string of the molecule is COc1ncc(Cl)cc1S(=O)(=O)Nc1cc(F)cc(-c2cc3cnc(N)nc3nc2N)c1. The highest BCUT2D eigenvalue weighted by Gasteiger charge is 2.22. The number of rotatable bonds is 5. The zero-order chi connectivity index (χ0) is 23.0. The quantitative estimate of drug-likeness (QED) is 0.394. The monoisotopic (exact) mass is 475 g/mol. The molecular formula is C19H15ClFN7O3S.